The van der Waals surface area contributed by atoms with Crippen LogP contribution in [0.1, 0.15) is 31.4 Å². The van der Waals surface area contributed by atoms with E-state index in [1.165, 1.54) is 0 Å². The third-order valence-corrected chi connectivity index (χ3v) is 4.02. The molecule has 1 saturated heterocycles. The van der Waals surface area contributed by atoms with Gasteiger partial charge in [-0.25, -0.2) is 0 Å². The van der Waals surface area contributed by atoms with E-state index >= 15 is 0 Å². The first-order valence-electron chi connectivity index (χ1n) is 6.23. The SMILES string of the molecule is Cc1nnc(CN2CCC(C)(C(=O)O)CC2)n1C. The topological polar surface area (TPSA) is 71.2 Å². The molecular formula is C12H20N4O2. The number of hydrogen-bond donors (Lipinski definition) is 1. The van der Waals surface area contributed by atoms with Crippen LogP contribution in [0.2, 0.25) is 0 Å². The van der Waals surface area contributed by atoms with Crippen molar-refractivity contribution in [2.24, 2.45) is 12.5 Å². The lowest BCUT2D eigenvalue weighted by atomic mass is 9.80. The number of carboxylic acids is 1. The molecular weight excluding hydrogens is 232 g/mol. The molecule has 1 aliphatic heterocycles. The quantitative estimate of drug-likeness (QED) is 0.862. The number of aromatic nitrogens is 3. The second-order valence-electron chi connectivity index (χ2n) is 5.36. The van der Waals surface area contributed by atoms with Crippen LogP contribution in [0.25, 0.3) is 0 Å². The van der Waals surface area contributed by atoms with Crippen molar-refractivity contribution >= 4 is 5.97 Å². The summed E-state index contributed by atoms with van der Waals surface area (Å²) in [6.45, 7) is 6.10. The van der Waals surface area contributed by atoms with Gasteiger partial charge >= 0.3 is 5.97 Å². The Morgan fingerprint density at radius 2 is 2.00 bits per heavy atom. The molecule has 0 spiro atoms. The summed E-state index contributed by atoms with van der Waals surface area (Å²) in [6.07, 6.45) is 1.39. The summed E-state index contributed by atoms with van der Waals surface area (Å²) in [7, 11) is 1.95. The molecule has 0 aliphatic carbocycles. The Hall–Kier alpha value is -1.43. The van der Waals surface area contributed by atoms with Gasteiger partial charge in [0.05, 0.1) is 12.0 Å². The van der Waals surface area contributed by atoms with Crippen LogP contribution in [-0.2, 0) is 18.4 Å². The average Bonchev–Trinajstić information content (AvgIpc) is 2.64. The van der Waals surface area contributed by atoms with Gasteiger partial charge in [0, 0.05) is 7.05 Å². The van der Waals surface area contributed by atoms with Crippen molar-refractivity contribution in [3.8, 4) is 0 Å². The maximum atomic E-state index is 11.2. The third-order valence-electron chi connectivity index (χ3n) is 4.02. The van der Waals surface area contributed by atoms with Crippen LogP contribution in [0.5, 0.6) is 0 Å². The molecule has 2 rings (SSSR count). The van der Waals surface area contributed by atoms with E-state index in [0.29, 0.717) is 12.8 Å². The molecule has 0 bridgehead atoms. The second kappa shape index (κ2) is 4.68. The van der Waals surface area contributed by atoms with Gasteiger partial charge in [-0.15, -0.1) is 10.2 Å². The van der Waals surface area contributed by atoms with E-state index in [0.717, 1.165) is 31.3 Å². The Morgan fingerprint density at radius 1 is 1.39 bits per heavy atom. The van der Waals surface area contributed by atoms with Crippen LogP contribution in [0.4, 0.5) is 0 Å². The Bertz CT molecular complexity index is 447. The number of carbonyl (C=O) groups is 1. The van der Waals surface area contributed by atoms with E-state index in [2.05, 4.69) is 15.1 Å². The van der Waals surface area contributed by atoms with Gasteiger partial charge in [-0.05, 0) is 39.8 Å². The number of hydrogen-bond acceptors (Lipinski definition) is 4. The molecule has 18 heavy (non-hydrogen) atoms. The van der Waals surface area contributed by atoms with Crippen molar-refractivity contribution in [3.05, 3.63) is 11.6 Å². The molecule has 6 heteroatoms. The van der Waals surface area contributed by atoms with Crippen molar-refractivity contribution < 1.29 is 9.90 Å². The second-order valence-corrected chi connectivity index (χ2v) is 5.36. The van der Waals surface area contributed by atoms with Crippen molar-refractivity contribution in [2.45, 2.75) is 33.2 Å². The summed E-state index contributed by atoms with van der Waals surface area (Å²) in [5, 5.41) is 17.3. The maximum Gasteiger partial charge on any atom is 0.309 e. The maximum absolute atomic E-state index is 11.2. The van der Waals surface area contributed by atoms with Crippen LogP contribution in [0.15, 0.2) is 0 Å². The number of carboxylic acid groups (broad SMARTS) is 1. The van der Waals surface area contributed by atoms with Gasteiger partial charge in [-0.1, -0.05) is 0 Å². The number of piperidine rings is 1. The van der Waals surface area contributed by atoms with Crippen molar-refractivity contribution in [2.75, 3.05) is 13.1 Å². The van der Waals surface area contributed by atoms with Gasteiger partial charge in [0.25, 0.3) is 0 Å². The first-order valence-corrected chi connectivity index (χ1v) is 6.23. The minimum Gasteiger partial charge on any atom is -0.481 e. The van der Waals surface area contributed by atoms with E-state index in [4.69, 9.17) is 0 Å². The summed E-state index contributed by atoms with van der Waals surface area (Å²) >= 11 is 0. The Labute approximate surface area is 107 Å². The predicted molar refractivity (Wildman–Crippen MR) is 66.0 cm³/mol. The third kappa shape index (κ3) is 2.38. The van der Waals surface area contributed by atoms with E-state index in [9.17, 15) is 9.90 Å². The lowest BCUT2D eigenvalue weighted by Crippen LogP contribution is -2.42. The van der Waals surface area contributed by atoms with Gasteiger partial charge in [-0.2, -0.15) is 0 Å². The Kier molecular flexibility index (Phi) is 3.38. The van der Waals surface area contributed by atoms with Crippen LogP contribution < -0.4 is 0 Å². The van der Waals surface area contributed by atoms with Gasteiger partial charge in [-0.3, -0.25) is 9.69 Å². The monoisotopic (exact) mass is 252 g/mol. The number of likely N-dealkylation sites (tertiary alicyclic amines) is 1. The largest absolute Gasteiger partial charge is 0.481 e. The Morgan fingerprint density at radius 3 is 2.44 bits per heavy atom. The van der Waals surface area contributed by atoms with E-state index in [1.54, 1.807) is 0 Å². The van der Waals surface area contributed by atoms with Crippen LogP contribution >= 0.6 is 0 Å². The molecule has 0 atom stereocenters. The van der Waals surface area contributed by atoms with Gasteiger partial charge in [0.15, 0.2) is 0 Å². The minimum absolute atomic E-state index is 0.563. The highest BCUT2D eigenvalue weighted by Gasteiger charge is 2.36. The van der Waals surface area contributed by atoms with Crippen LogP contribution in [0, 0.1) is 12.3 Å². The zero-order valence-corrected chi connectivity index (χ0v) is 11.2. The first kappa shape index (κ1) is 13.0. The fraction of sp³-hybridized carbons (Fsp3) is 0.750. The summed E-state index contributed by atoms with van der Waals surface area (Å²) in [5.41, 5.74) is -0.563. The summed E-state index contributed by atoms with van der Waals surface area (Å²) < 4.78 is 1.98. The fourth-order valence-electron chi connectivity index (χ4n) is 2.21. The molecule has 2 heterocycles. The highest BCUT2D eigenvalue weighted by Crippen LogP contribution is 2.31. The number of rotatable bonds is 3. The highest BCUT2D eigenvalue weighted by atomic mass is 16.4. The first-order chi connectivity index (χ1) is 8.42. The standard InChI is InChI=1S/C12H20N4O2/c1-9-13-14-10(15(9)3)8-16-6-4-12(2,5-7-16)11(17)18/h4-8H2,1-3H3,(H,17,18). The van der Waals surface area contributed by atoms with E-state index < -0.39 is 11.4 Å². The number of aliphatic carboxylic acids is 1. The molecule has 100 valence electrons. The summed E-state index contributed by atoms with van der Waals surface area (Å²) in [6, 6.07) is 0. The average molecular weight is 252 g/mol. The molecule has 1 aliphatic rings. The molecule has 0 amide bonds. The summed E-state index contributed by atoms with van der Waals surface area (Å²) in [5.74, 6) is 1.15. The normalized spacial score (nSPS) is 19.9. The molecule has 6 nitrogen and oxygen atoms in total. The van der Waals surface area contributed by atoms with Gasteiger partial charge in [0.1, 0.15) is 11.6 Å². The zero-order chi connectivity index (χ0) is 13.3. The van der Waals surface area contributed by atoms with Crippen molar-refractivity contribution in [3.63, 3.8) is 0 Å². The van der Waals surface area contributed by atoms with E-state index in [-0.39, 0.29) is 0 Å². The lowest BCUT2D eigenvalue weighted by molar-refractivity contribution is -0.150. The number of aryl methyl sites for hydroxylation is 1. The zero-order valence-electron chi connectivity index (χ0n) is 11.2. The lowest BCUT2D eigenvalue weighted by Gasteiger charge is -2.36. The Balaban J connectivity index is 1.95. The van der Waals surface area contributed by atoms with Crippen LogP contribution in [0.3, 0.4) is 0 Å². The van der Waals surface area contributed by atoms with Crippen molar-refractivity contribution in [1.82, 2.24) is 19.7 Å². The highest BCUT2D eigenvalue weighted by molar-refractivity contribution is 5.74. The molecule has 0 saturated carbocycles. The van der Waals surface area contributed by atoms with Crippen molar-refractivity contribution in [1.29, 1.82) is 0 Å². The molecule has 1 aromatic rings. The minimum atomic E-state index is -0.684. The molecule has 0 radical (unpaired) electrons. The molecule has 0 unspecified atom stereocenters. The molecule has 1 fully saturated rings. The van der Waals surface area contributed by atoms with E-state index in [1.807, 2.05) is 25.5 Å². The van der Waals surface area contributed by atoms with Gasteiger partial charge in [0.2, 0.25) is 0 Å². The smallest absolute Gasteiger partial charge is 0.309 e. The number of nitrogens with zero attached hydrogens (tertiary/aromatic N) is 4. The van der Waals surface area contributed by atoms with Crippen LogP contribution in [-0.4, -0.2) is 43.8 Å². The molecule has 1 N–H and O–H groups in total. The fourth-order valence-corrected chi connectivity index (χ4v) is 2.21. The molecule has 1 aromatic heterocycles. The van der Waals surface area contributed by atoms with Gasteiger partial charge < -0.3 is 9.67 Å². The molecule has 0 aromatic carbocycles. The summed E-state index contributed by atoms with van der Waals surface area (Å²) in [4.78, 5) is 13.4. The predicted octanol–water partition coefficient (Wildman–Crippen LogP) is 0.810.